The molecular formula is C20H25ClN4O4S. The Kier molecular flexibility index (Phi) is 8.01. The molecule has 0 radical (unpaired) electrons. The molecule has 1 aliphatic heterocycles. The first-order chi connectivity index (χ1) is 14.5. The third kappa shape index (κ3) is 5.90. The maximum atomic E-state index is 12.6. The van der Waals surface area contributed by atoms with Crippen LogP contribution in [0.1, 0.15) is 18.2 Å². The quantitative estimate of drug-likeness (QED) is 0.649. The number of aliphatic hydroxyl groups excluding tert-OH is 1. The van der Waals surface area contributed by atoms with Gasteiger partial charge >= 0.3 is 6.09 Å². The van der Waals surface area contributed by atoms with Gasteiger partial charge in [0.25, 0.3) is 0 Å². The molecule has 0 atom stereocenters. The molecule has 1 saturated heterocycles. The third-order valence-electron chi connectivity index (χ3n) is 4.70. The van der Waals surface area contributed by atoms with E-state index in [4.69, 9.17) is 16.3 Å². The van der Waals surface area contributed by atoms with Crippen LogP contribution in [0.15, 0.2) is 35.6 Å². The van der Waals surface area contributed by atoms with Crippen LogP contribution >= 0.6 is 23.4 Å². The van der Waals surface area contributed by atoms with Gasteiger partial charge in [0.05, 0.1) is 24.7 Å². The van der Waals surface area contributed by atoms with Gasteiger partial charge in [-0.2, -0.15) is 0 Å². The Hall–Kier alpha value is -2.23. The van der Waals surface area contributed by atoms with E-state index in [1.54, 1.807) is 22.9 Å². The van der Waals surface area contributed by atoms with Crippen molar-refractivity contribution < 1.29 is 19.4 Å². The summed E-state index contributed by atoms with van der Waals surface area (Å²) >= 11 is 7.29. The Morgan fingerprint density at radius 3 is 2.47 bits per heavy atom. The number of aliphatic hydroxyl groups is 1. The number of imidazole rings is 1. The third-order valence-corrected chi connectivity index (χ3v) is 5.93. The molecule has 1 fully saturated rings. The first-order valence-corrected chi connectivity index (χ1v) is 11.1. The topological polar surface area (TPSA) is 87.9 Å². The zero-order valence-electron chi connectivity index (χ0n) is 16.8. The molecular weight excluding hydrogens is 428 g/mol. The monoisotopic (exact) mass is 452 g/mol. The predicted octanol–water partition coefficient (Wildman–Crippen LogP) is 2.47. The normalized spacial score (nSPS) is 14.1. The van der Waals surface area contributed by atoms with E-state index in [-0.39, 0.29) is 24.4 Å². The minimum absolute atomic E-state index is 0.00454. The number of halogens is 1. The number of benzene rings is 1. The fraction of sp³-hybridized carbons (Fsp3) is 0.450. The standard InChI is InChI=1S/C20H25ClN4O4S/c1-2-29-20(28)24-9-7-23(8-10-24)18(27)14-30-19-22-17(13-26)12-25(19)11-15-3-5-16(21)6-4-15/h3-6,12,26H,2,7-11,13-14H2,1H3. The molecule has 2 heterocycles. The number of piperazine rings is 1. The highest BCUT2D eigenvalue weighted by Crippen LogP contribution is 2.21. The molecule has 0 saturated carbocycles. The first kappa shape index (κ1) is 22.5. The highest BCUT2D eigenvalue weighted by atomic mass is 35.5. The van der Waals surface area contributed by atoms with Gasteiger partial charge in [-0.3, -0.25) is 4.79 Å². The maximum absolute atomic E-state index is 12.6. The number of nitrogens with zero attached hydrogens (tertiary/aromatic N) is 4. The molecule has 2 amide bonds. The molecule has 162 valence electrons. The van der Waals surface area contributed by atoms with Crippen molar-refractivity contribution in [3.05, 3.63) is 46.7 Å². The second-order valence-electron chi connectivity index (χ2n) is 6.78. The van der Waals surface area contributed by atoms with Gasteiger partial charge in [-0.15, -0.1) is 0 Å². The van der Waals surface area contributed by atoms with Crippen LogP contribution in [0.25, 0.3) is 0 Å². The SMILES string of the molecule is CCOC(=O)N1CCN(C(=O)CSc2nc(CO)cn2Cc2ccc(Cl)cc2)CC1. The van der Waals surface area contributed by atoms with Gasteiger partial charge in [-0.25, -0.2) is 9.78 Å². The van der Waals surface area contributed by atoms with Crippen molar-refractivity contribution in [2.45, 2.75) is 25.2 Å². The van der Waals surface area contributed by atoms with E-state index in [9.17, 15) is 14.7 Å². The number of hydrogen-bond acceptors (Lipinski definition) is 6. The average molecular weight is 453 g/mol. The van der Waals surface area contributed by atoms with E-state index in [1.165, 1.54) is 11.8 Å². The Labute approximate surface area is 184 Å². The molecule has 0 spiro atoms. The number of aromatic nitrogens is 2. The van der Waals surface area contributed by atoms with E-state index in [0.717, 1.165) is 5.56 Å². The molecule has 1 aliphatic rings. The fourth-order valence-electron chi connectivity index (χ4n) is 3.11. The molecule has 0 unspecified atom stereocenters. The Bertz CT molecular complexity index is 866. The summed E-state index contributed by atoms with van der Waals surface area (Å²) < 4.78 is 6.93. The number of ether oxygens (including phenoxy) is 1. The smallest absolute Gasteiger partial charge is 0.409 e. The number of thioether (sulfide) groups is 1. The lowest BCUT2D eigenvalue weighted by molar-refractivity contribution is -0.129. The number of carbonyl (C=O) groups excluding carboxylic acids is 2. The van der Waals surface area contributed by atoms with Crippen molar-refractivity contribution >= 4 is 35.4 Å². The summed E-state index contributed by atoms with van der Waals surface area (Å²) in [5.41, 5.74) is 1.60. The maximum Gasteiger partial charge on any atom is 0.409 e. The highest BCUT2D eigenvalue weighted by Gasteiger charge is 2.25. The molecule has 8 nitrogen and oxygen atoms in total. The molecule has 2 aromatic rings. The minimum Gasteiger partial charge on any atom is -0.450 e. The van der Waals surface area contributed by atoms with Gasteiger partial charge in [-0.1, -0.05) is 35.5 Å². The molecule has 0 aliphatic carbocycles. The summed E-state index contributed by atoms with van der Waals surface area (Å²) in [7, 11) is 0. The van der Waals surface area contributed by atoms with Gasteiger partial charge < -0.3 is 24.2 Å². The van der Waals surface area contributed by atoms with Gasteiger partial charge in [-0.05, 0) is 24.6 Å². The van der Waals surface area contributed by atoms with Gasteiger partial charge in [0.2, 0.25) is 5.91 Å². The van der Waals surface area contributed by atoms with E-state index in [0.29, 0.717) is 55.2 Å². The van der Waals surface area contributed by atoms with Gasteiger partial charge in [0.15, 0.2) is 5.16 Å². The number of amides is 2. The Balaban J connectivity index is 1.56. The summed E-state index contributed by atoms with van der Waals surface area (Å²) in [5.74, 6) is 0.233. The summed E-state index contributed by atoms with van der Waals surface area (Å²) in [6.07, 6.45) is 1.46. The van der Waals surface area contributed by atoms with E-state index in [1.807, 2.05) is 28.8 Å². The van der Waals surface area contributed by atoms with Crippen LogP contribution < -0.4 is 0 Å². The van der Waals surface area contributed by atoms with Crippen molar-refractivity contribution in [3.63, 3.8) is 0 Å². The number of carbonyl (C=O) groups is 2. The van der Waals surface area contributed by atoms with E-state index in [2.05, 4.69) is 4.98 Å². The van der Waals surface area contributed by atoms with Crippen LogP contribution in [0.3, 0.4) is 0 Å². The number of hydrogen-bond donors (Lipinski definition) is 1. The molecule has 10 heteroatoms. The van der Waals surface area contributed by atoms with Crippen LogP contribution in [0.5, 0.6) is 0 Å². The summed E-state index contributed by atoms with van der Waals surface area (Å²) in [6.45, 7) is 4.42. The fourth-order valence-corrected chi connectivity index (χ4v) is 4.14. The van der Waals surface area contributed by atoms with Crippen molar-refractivity contribution in [1.82, 2.24) is 19.4 Å². The lowest BCUT2D eigenvalue weighted by Crippen LogP contribution is -2.51. The van der Waals surface area contributed by atoms with Crippen LogP contribution in [-0.2, 0) is 22.7 Å². The van der Waals surface area contributed by atoms with Crippen LogP contribution in [0.2, 0.25) is 5.02 Å². The van der Waals surface area contributed by atoms with Crippen LogP contribution in [0.4, 0.5) is 4.79 Å². The zero-order valence-corrected chi connectivity index (χ0v) is 18.4. The van der Waals surface area contributed by atoms with E-state index < -0.39 is 0 Å². The summed E-state index contributed by atoms with van der Waals surface area (Å²) in [4.78, 5) is 32.2. The number of rotatable bonds is 7. The molecule has 1 N–H and O–H groups in total. The molecule has 0 bridgehead atoms. The Morgan fingerprint density at radius 2 is 1.83 bits per heavy atom. The van der Waals surface area contributed by atoms with Crippen LogP contribution in [0, 0.1) is 0 Å². The average Bonchev–Trinajstić information content (AvgIpc) is 3.15. The largest absolute Gasteiger partial charge is 0.450 e. The second-order valence-corrected chi connectivity index (χ2v) is 8.16. The molecule has 1 aromatic carbocycles. The predicted molar refractivity (Wildman–Crippen MR) is 115 cm³/mol. The van der Waals surface area contributed by atoms with Crippen molar-refractivity contribution in [2.75, 3.05) is 38.5 Å². The van der Waals surface area contributed by atoms with Gasteiger partial charge in [0, 0.05) is 43.9 Å². The zero-order chi connectivity index (χ0) is 21.5. The lowest BCUT2D eigenvalue weighted by Gasteiger charge is -2.34. The second kappa shape index (κ2) is 10.7. The summed E-state index contributed by atoms with van der Waals surface area (Å²) in [6, 6.07) is 7.52. The lowest BCUT2D eigenvalue weighted by atomic mass is 10.2. The Morgan fingerprint density at radius 1 is 1.17 bits per heavy atom. The first-order valence-electron chi connectivity index (χ1n) is 9.73. The van der Waals surface area contributed by atoms with E-state index >= 15 is 0 Å². The van der Waals surface area contributed by atoms with Crippen LogP contribution in [-0.4, -0.2) is 75.0 Å². The highest BCUT2D eigenvalue weighted by molar-refractivity contribution is 7.99. The van der Waals surface area contributed by atoms with Crippen molar-refractivity contribution in [1.29, 1.82) is 0 Å². The molecule has 1 aromatic heterocycles. The minimum atomic E-state index is -0.334. The van der Waals surface area contributed by atoms with Crippen molar-refractivity contribution in [3.8, 4) is 0 Å². The molecule has 3 rings (SSSR count). The molecule has 30 heavy (non-hydrogen) atoms. The van der Waals surface area contributed by atoms with Crippen molar-refractivity contribution in [2.24, 2.45) is 0 Å². The van der Waals surface area contributed by atoms with Gasteiger partial charge in [0.1, 0.15) is 0 Å². The summed E-state index contributed by atoms with van der Waals surface area (Å²) in [5, 5.41) is 10.8.